The Balaban J connectivity index is 1.81. The number of rotatable bonds is 4. The molecule has 1 fully saturated rings. The topological polar surface area (TPSA) is 29.9 Å². The highest BCUT2D eigenvalue weighted by molar-refractivity contribution is 5.00. The third kappa shape index (κ3) is 3.56. The summed E-state index contributed by atoms with van der Waals surface area (Å²) in [4.78, 5) is 0. The molecular formula is C14H25N3. The van der Waals surface area contributed by atoms with Crippen molar-refractivity contribution in [2.45, 2.75) is 65.1 Å². The smallest absolute Gasteiger partial charge is 0.0522 e. The van der Waals surface area contributed by atoms with E-state index in [-0.39, 0.29) is 0 Å². The number of nitrogens with one attached hydrogen (secondary N) is 1. The normalized spacial score (nSPS) is 25.8. The molecule has 2 atom stereocenters. The molecule has 0 bridgehead atoms. The first-order valence-corrected chi connectivity index (χ1v) is 7.03. The SMILES string of the molecule is CCn1nccc1CNC1CCCC(C)CC1. The van der Waals surface area contributed by atoms with E-state index in [2.05, 4.69) is 35.0 Å². The molecule has 2 unspecified atom stereocenters. The number of aryl methyl sites for hydroxylation is 1. The average molecular weight is 235 g/mol. The number of hydrogen-bond acceptors (Lipinski definition) is 2. The molecule has 1 heterocycles. The molecule has 0 aromatic carbocycles. The van der Waals surface area contributed by atoms with Crippen molar-refractivity contribution < 1.29 is 0 Å². The van der Waals surface area contributed by atoms with Gasteiger partial charge in [-0.05, 0) is 38.2 Å². The molecular weight excluding hydrogens is 210 g/mol. The average Bonchev–Trinajstić information content (AvgIpc) is 2.69. The lowest BCUT2D eigenvalue weighted by Gasteiger charge is -2.16. The summed E-state index contributed by atoms with van der Waals surface area (Å²) >= 11 is 0. The van der Waals surface area contributed by atoms with Crippen LogP contribution in [0.3, 0.4) is 0 Å². The monoisotopic (exact) mass is 235 g/mol. The van der Waals surface area contributed by atoms with E-state index in [4.69, 9.17) is 0 Å². The molecule has 17 heavy (non-hydrogen) atoms. The number of hydrogen-bond donors (Lipinski definition) is 1. The van der Waals surface area contributed by atoms with Crippen LogP contribution in [0.25, 0.3) is 0 Å². The van der Waals surface area contributed by atoms with Crippen molar-refractivity contribution in [1.29, 1.82) is 0 Å². The Hall–Kier alpha value is -0.830. The van der Waals surface area contributed by atoms with Gasteiger partial charge in [0.15, 0.2) is 0 Å². The molecule has 1 aromatic rings. The van der Waals surface area contributed by atoms with E-state index in [0.29, 0.717) is 6.04 Å². The highest BCUT2D eigenvalue weighted by Crippen LogP contribution is 2.22. The van der Waals surface area contributed by atoms with Crippen molar-refractivity contribution in [2.75, 3.05) is 0 Å². The first-order valence-electron chi connectivity index (χ1n) is 7.03. The lowest BCUT2D eigenvalue weighted by Crippen LogP contribution is -2.29. The Morgan fingerprint density at radius 2 is 2.24 bits per heavy atom. The Kier molecular flexibility index (Phi) is 4.60. The van der Waals surface area contributed by atoms with Crippen LogP contribution in [-0.2, 0) is 13.1 Å². The Labute approximate surface area is 105 Å². The first-order chi connectivity index (χ1) is 8.29. The molecule has 1 aromatic heterocycles. The molecule has 2 rings (SSSR count). The van der Waals surface area contributed by atoms with Gasteiger partial charge < -0.3 is 5.32 Å². The van der Waals surface area contributed by atoms with Gasteiger partial charge in [-0.25, -0.2) is 0 Å². The molecule has 1 N–H and O–H groups in total. The predicted octanol–water partition coefficient (Wildman–Crippen LogP) is 2.96. The van der Waals surface area contributed by atoms with Crippen LogP contribution in [0.2, 0.25) is 0 Å². The van der Waals surface area contributed by atoms with Crippen LogP contribution in [0.5, 0.6) is 0 Å². The van der Waals surface area contributed by atoms with Gasteiger partial charge in [0.05, 0.1) is 5.69 Å². The van der Waals surface area contributed by atoms with E-state index in [1.165, 1.54) is 37.8 Å². The van der Waals surface area contributed by atoms with Gasteiger partial charge in [0, 0.05) is 25.3 Å². The maximum atomic E-state index is 4.31. The molecule has 1 saturated carbocycles. The van der Waals surface area contributed by atoms with Crippen LogP contribution >= 0.6 is 0 Å². The highest BCUT2D eigenvalue weighted by atomic mass is 15.3. The lowest BCUT2D eigenvalue weighted by atomic mass is 10.0. The van der Waals surface area contributed by atoms with E-state index >= 15 is 0 Å². The molecule has 96 valence electrons. The van der Waals surface area contributed by atoms with Crippen LogP contribution in [-0.4, -0.2) is 15.8 Å². The van der Waals surface area contributed by atoms with E-state index < -0.39 is 0 Å². The van der Waals surface area contributed by atoms with E-state index in [1.54, 1.807) is 0 Å². The summed E-state index contributed by atoms with van der Waals surface area (Å²) < 4.78 is 2.08. The zero-order valence-corrected chi connectivity index (χ0v) is 11.2. The molecule has 3 heteroatoms. The largest absolute Gasteiger partial charge is 0.308 e. The van der Waals surface area contributed by atoms with Crippen molar-refractivity contribution in [3.8, 4) is 0 Å². The summed E-state index contributed by atoms with van der Waals surface area (Å²) in [6.45, 7) is 6.46. The van der Waals surface area contributed by atoms with Crippen LogP contribution in [0.4, 0.5) is 0 Å². The predicted molar refractivity (Wildman–Crippen MR) is 70.8 cm³/mol. The van der Waals surface area contributed by atoms with Crippen molar-refractivity contribution in [1.82, 2.24) is 15.1 Å². The minimum Gasteiger partial charge on any atom is -0.308 e. The summed E-state index contributed by atoms with van der Waals surface area (Å²) in [6, 6.07) is 2.83. The molecule has 0 spiro atoms. The van der Waals surface area contributed by atoms with Crippen LogP contribution in [0.15, 0.2) is 12.3 Å². The van der Waals surface area contributed by atoms with Gasteiger partial charge in [-0.15, -0.1) is 0 Å². The standard InChI is InChI=1S/C14H25N3/c1-3-17-14(9-10-16-17)11-15-13-6-4-5-12(2)7-8-13/h9-10,12-13,15H,3-8,11H2,1-2H3. The van der Waals surface area contributed by atoms with Gasteiger partial charge in [0.1, 0.15) is 0 Å². The second kappa shape index (κ2) is 6.20. The zero-order valence-electron chi connectivity index (χ0n) is 11.2. The van der Waals surface area contributed by atoms with Crippen LogP contribution in [0.1, 0.15) is 51.6 Å². The quantitative estimate of drug-likeness (QED) is 0.813. The summed E-state index contributed by atoms with van der Waals surface area (Å²) in [5, 5.41) is 8.00. The van der Waals surface area contributed by atoms with Gasteiger partial charge in [0.2, 0.25) is 0 Å². The van der Waals surface area contributed by atoms with Gasteiger partial charge in [0.25, 0.3) is 0 Å². The molecule has 0 amide bonds. The third-order valence-electron chi connectivity index (χ3n) is 3.93. The number of aromatic nitrogens is 2. The van der Waals surface area contributed by atoms with E-state index in [0.717, 1.165) is 19.0 Å². The second-order valence-corrected chi connectivity index (χ2v) is 5.33. The molecule has 1 aliphatic carbocycles. The zero-order chi connectivity index (χ0) is 12.1. The van der Waals surface area contributed by atoms with E-state index in [1.807, 2.05) is 6.20 Å². The Morgan fingerprint density at radius 1 is 1.35 bits per heavy atom. The van der Waals surface area contributed by atoms with Crippen molar-refractivity contribution >= 4 is 0 Å². The van der Waals surface area contributed by atoms with Crippen molar-refractivity contribution in [3.63, 3.8) is 0 Å². The third-order valence-corrected chi connectivity index (χ3v) is 3.93. The minimum absolute atomic E-state index is 0.708. The highest BCUT2D eigenvalue weighted by Gasteiger charge is 2.15. The van der Waals surface area contributed by atoms with Crippen LogP contribution in [0, 0.1) is 5.92 Å². The second-order valence-electron chi connectivity index (χ2n) is 5.33. The molecule has 0 aliphatic heterocycles. The fourth-order valence-corrected chi connectivity index (χ4v) is 2.74. The maximum Gasteiger partial charge on any atom is 0.0522 e. The Morgan fingerprint density at radius 3 is 3.06 bits per heavy atom. The summed E-state index contributed by atoms with van der Waals surface area (Å²) in [7, 11) is 0. The summed E-state index contributed by atoms with van der Waals surface area (Å²) in [6.07, 6.45) is 8.74. The van der Waals surface area contributed by atoms with Gasteiger partial charge in [-0.1, -0.05) is 19.8 Å². The van der Waals surface area contributed by atoms with Gasteiger partial charge >= 0.3 is 0 Å². The molecule has 0 radical (unpaired) electrons. The minimum atomic E-state index is 0.708. The summed E-state index contributed by atoms with van der Waals surface area (Å²) in [5.41, 5.74) is 1.31. The van der Waals surface area contributed by atoms with Gasteiger partial charge in [-0.2, -0.15) is 5.10 Å². The first kappa shape index (κ1) is 12.6. The molecule has 0 saturated heterocycles. The fourth-order valence-electron chi connectivity index (χ4n) is 2.74. The van der Waals surface area contributed by atoms with Gasteiger partial charge in [-0.3, -0.25) is 4.68 Å². The van der Waals surface area contributed by atoms with Crippen LogP contribution < -0.4 is 5.32 Å². The maximum absolute atomic E-state index is 4.31. The fraction of sp³-hybridized carbons (Fsp3) is 0.786. The Bertz CT molecular complexity index is 332. The van der Waals surface area contributed by atoms with E-state index in [9.17, 15) is 0 Å². The lowest BCUT2D eigenvalue weighted by molar-refractivity contribution is 0.437. The number of nitrogens with zero attached hydrogens (tertiary/aromatic N) is 2. The molecule has 1 aliphatic rings. The van der Waals surface area contributed by atoms with Crippen molar-refractivity contribution in [2.24, 2.45) is 5.92 Å². The summed E-state index contributed by atoms with van der Waals surface area (Å²) in [5.74, 6) is 0.919. The molecule has 3 nitrogen and oxygen atoms in total. The van der Waals surface area contributed by atoms with Crippen molar-refractivity contribution in [3.05, 3.63) is 18.0 Å².